The van der Waals surface area contributed by atoms with Crippen molar-refractivity contribution < 1.29 is 8.42 Å². The van der Waals surface area contributed by atoms with Crippen molar-refractivity contribution in [3.63, 3.8) is 0 Å². The molecule has 6 heteroatoms. The van der Waals surface area contributed by atoms with Crippen LogP contribution in [0.3, 0.4) is 0 Å². The van der Waals surface area contributed by atoms with Gasteiger partial charge in [-0.1, -0.05) is 27.7 Å². The van der Waals surface area contributed by atoms with Gasteiger partial charge in [0.2, 0.25) is 10.0 Å². The SMILES string of the molecule is CNCc1cc(S(=O)(=O)NCC(C)(C)C(C)C)cs1. The third kappa shape index (κ3) is 4.56. The molecule has 0 amide bonds. The van der Waals surface area contributed by atoms with Crippen molar-refractivity contribution in [3.05, 3.63) is 16.3 Å². The van der Waals surface area contributed by atoms with Crippen LogP contribution in [-0.4, -0.2) is 22.0 Å². The predicted molar refractivity (Wildman–Crippen MR) is 80.9 cm³/mol. The van der Waals surface area contributed by atoms with Crippen molar-refractivity contribution in [3.8, 4) is 0 Å². The summed E-state index contributed by atoms with van der Waals surface area (Å²) in [6, 6.07) is 1.73. The summed E-state index contributed by atoms with van der Waals surface area (Å²) >= 11 is 1.46. The average molecular weight is 304 g/mol. The van der Waals surface area contributed by atoms with Crippen LogP contribution < -0.4 is 10.0 Å². The van der Waals surface area contributed by atoms with Crippen molar-refractivity contribution in [2.24, 2.45) is 11.3 Å². The molecule has 19 heavy (non-hydrogen) atoms. The lowest BCUT2D eigenvalue weighted by Crippen LogP contribution is -2.36. The van der Waals surface area contributed by atoms with Crippen LogP contribution in [0.5, 0.6) is 0 Å². The summed E-state index contributed by atoms with van der Waals surface area (Å²) in [5, 5.41) is 4.71. The van der Waals surface area contributed by atoms with E-state index in [4.69, 9.17) is 0 Å². The molecular weight excluding hydrogens is 280 g/mol. The number of hydrogen-bond donors (Lipinski definition) is 2. The van der Waals surface area contributed by atoms with Crippen molar-refractivity contribution in [1.29, 1.82) is 0 Å². The van der Waals surface area contributed by atoms with Crippen LogP contribution in [0.2, 0.25) is 0 Å². The Balaban J connectivity index is 2.75. The number of rotatable bonds is 7. The lowest BCUT2D eigenvalue weighted by molar-refractivity contribution is 0.252. The van der Waals surface area contributed by atoms with Gasteiger partial charge in [-0.05, 0) is 24.4 Å². The topological polar surface area (TPSA) is 58.2 Å². The molecule has 1 heterocycles. The van der Waals surface area contributed by atoms with Gasteiger partial charge in [0.1, 0.15) is 0 Å². The molecule has 0 atom stereocenters. The highest BCUT2D eigenvalue weighted by Gasteiger charge is 2.25. The molecule has 1 aromatic heterocycles. The highest BCUT2D eigenvalue weighted by molar-refractivity contribution is 7.89. The van der Waals surface area contributed by atoms with E-state index in [2.05, 4.69) is 37.7 Å². The summed E-state index contributed by atoms with van der Waals surface area (Å²) < 4.78 is 27.1. The predicted octanol–water partition coefficient (Wildman–Crippen LogP) is 2.43. The van der Waals surface area contributed by atoms with Crippen LogP contribution in [0.1, 0.15) is 32.6 Å². The van der Waals surface area contributed by atoms with E-state index < -0.39 is 10.0 Å². The third-order valence-electron chi connectivity index (χ3n) is 3.57. The zero-order valence-corrected chi connectivity index (χ0v) is 13.9. The fraction of sp³-hybridized carbons (Fsp3) is 0.692. The Morgan fingerprint density at radius 2 is 2.00 bits per heavy atom. The lowest BCUT2D eigenvalue weighted by atomic mass is 9.81. The van der Waals surface area contributed by atoms with Gasteiger partial charge in [-0.25, -0.2) is 13.1 Å². The molecule has 2 N–H and O–H groups in total. The van der Waals surface area contributed by atoms with Gasteiger partial charge in [-0.3, -0.25) is 0 Å². The van der Waals surface area contributed by atoms with E-state index >= 15 is 0 Å². The van der Waals surface area contributed by atoms with Crippen molar-refractivity contribution >= 4 is 21.4 Å². The first kappa shape index (κ1) is 16.6. The summed E-state index contributed by atoms with van der Waals surface area (Å²) in [6.07, 6.45) is 0. The van der Waals surface area contributed by atoms with E-state index in [0.29, 0.717) is 23.9 Å². The summed E-state index contributed by atoms with van der Waals surface area (Å²) in [4.78, 5) is 1.38. The van der Waals surface area contributed by atoms with E-state index in [1.807, 2.05) is 7.05 Å². The Hall–Kier alpha value is -0.430. The molecule has 0 aliphatic rings. The fourth-order valence-electron chi connectivity index (χ4n) is 1.34. The summed E-state index contributed by atoms with van der Waals surface area (Å²) in [5.41, 5.74) is -0.0586. The summed E-state index contributed by atoms with van der Waals surface area (Å²) in [6.45, 7) is 9.48. The van der Waals surface area contributed by atoms with Gasteiger partial charge in [0.15, 0.2) is 0 Å². The van der Waals surface area contributed by atoms with Gasteiger partial charge in [-0.15, -0.1) is 11.3 Å². The normalized spacial score (nSPS) is 13.2. The molecule has 0 aromatic carbocycles. The second-order valence-corrected chi connectivity index (χ2v) is 8.51. The van der Waals surface area contributed by atoms with E-state index in [1.54, 1.807) is 11.4 Å². The smallest absolute Gasteiger partial charge is 0.241 e. The van der Waals surface area contributed by atoms with Crippen LogP contribution in [0.4, 0.5) is 0 Å². The number of sulfonamides is 1. The molecule has 0 radical (unpaired) electrons. The van der Waals surface area contributed by atoms with E-state index in [-0.39, 0.29) is 5.41 Å². The Labute approximate surface area is 120 Å². The van der Waals surface area contributed by atoms with Gasteiger partial charge >= 0.3 is 0 Å². The average Bonchev–Trinajstić information content (AvgIpc) is 2.76. The number of nitrogens with one attached hydrogen (secondary N) is 2. The van der Waals surface area contributed by atoms with Gasteiger partial charge in [0, 0.05) is 23.3 Å². The molecule has 0 bridgehead atoms. The molecule has 0 aliphatic heterocycles. The van der Waals surface area contributed by atoms with Gasteiger partial charge in [0.05, 0.1) is 4.90 Å². The molecule has 1 rings (SSSR count). The minimum absolute atomic E-state index is 0.0586. The highest BCUT2D eigenvalue weighted by atomic mass is 32.2. The summed E-state index contributed by atoms with van der Waals surface area (Å²) in [7, 11) is -1.55. The maximum absolute atomic E-state index is 12.2. The van der Waals surface area contributed by atoms with E-state index in [0.717, 1.165) is 4.88 Å². The van der Waals surface area contributed by atoms with Crippen molar-refractivity contribution in [2.45, 2.75) is 39.1 Å². The second kappa shape index (κ2) is 6.35. The first-order valence-corrected chi connectivity index (χ1v) is 8.77. The molecule has 0 saturated carbocycles. The van der Waals surface area contributed by atoms with Crippen LogP contribution >= 0.6 is 11.3 Å². The van der Waals surface area contributed by atoms with Gasteiger partial charge in [-0.2, -0.15) is 0 Å². The Morgan fingerprint density at radius 1 is 1.37 bits per heavy atom. The monoisotopic (exact) mass is 304 g/mol. The molecule has 0 spiro atoms. The molecule has 4 nitrogen and oxygen atoms in total. The minimum Gasteiger partial charge on any atom is -0.315 e. The van der Waals surface area contributed by atoms with E-state index in [1.165, 1.54) is 11.3 Å². The molecule has 0 fully saturated rings. The van der Waals surface area contributed by atoms with Crippen molar-refractivity contribution in [2.75, 3.05) is 13.6 Å². The first-order valence-electron chi connectivity index (χ1n) is 6.41. The zero-order valence-electron chi connectivity index (χ0n) is 12.3. The van der Waals surface area contributed by atoms with Crippen LogP contribution in [-0.2, 0) is 16.6 Å². The highest BCUT2D eigenvalue weighted by Crippen LogP contribution is 2.26. The number of thiophene rings is 1. The van der Waals surface area contributed by atoms with Crippen LogP contribution in [0.25, 0.3) is 0 Å². The summed E-state index contributed by atoms with van der Waals surface area (Å²) in [5.74, 6) is 0.414. The standard InChI is InChI=1S/C13H24N2O2S2/c1-10(2)13(3,4)9-15-19(16,17)12-6-11(7-14-5)18-8-12/h6,8,10,14-15H,7,9H2,1-5H3. The quantitative estimate of drug-likeness (QED) is 0.813. The van der Waals surface area contributed by atoms with E-state index in [9.17, 15) is 8.42 Å². The molecular formula is C13H24N2O2S2. The maximum atomic E-state index is 12.2. The third-order valence-corrected chi connectivity index (χ3v) is 6.04. The molecule has 1 aromatic rings. The van der Waals surface area contributed by atoms with Gasteiger partial charge < -0.3 is 5.32 Å². The Kier molecular flexibility index (Phi) is 5.55. The van der Waals surface area contributed by atoms with Crippen LogP contribution in [0, 0.1) is 11.3 Å². The minimum atomic E-state index is -3.39. The molecule has 0 saturated heterocycles. The Bertz CT molecular complexity index is 504. The first-order chi connectivity index (χ1) is 8.69. The molecule has 0 unspecified atom stereocenters. The lowest BCUT2D eigenvalue weighted by Gasteiger charge is -2.29. The second-order valence-electron chi connectivity index (χ2n) is 5.75. The molecule has 110 valence electrons. The van der Waals surface area contributed by atoms with Crippen LogP contribution in [0.15, 0.2) is 16.3 Å². The molecule has 0 aliphatic carbocycles. The Morgan fingerprint density at radius 3 is 2.53 bits per heavy atom. The zero-order chi connectivity index (χ0) is 14.7. The fourth-order valence-corrected chi connectivity index (χ4v) is 3.85. The largest absolute Gasteiger partial charge is 0.315 e. The number of hydrogen-bond acceptors (Lipinski definition) is 4. The van der Waals surface area contributed by atoms with Crippen molar-refractivity contribution in [1.82, 2.24) is 10.0 Å². The van der Waals surface area contributed by atoms with Gasteiger partial charge in [0.25, 0.3) is 0 Å². The maximum Gasteiger partial charge on any atom is 0.241 e.